The Labute approximate surface area is 86.3 Å². The molecule has 0 aliphatic rings. The molecule has 35 valence electrons. The molecule has 0 saturated carbocycles. The van der Waals surface area contributed by atoms with Crippen LogP contribution in [0.5, 0.6) is 0 Å². The van der Waals surface area contributed by atoms with Crippen LogP contribution in [0.25, 0.3) is 0 Å². The molecule has 0 fully saturated rings. The van der Waals surface area contributed by atoms with E-state index >= 15 is 0 Å². The Morgan fingerprint density at radius 3 is 0.857 bits per heavy atom. The molecule has 0 aromatic rings. The van der Waals surface area contributed by atoms with Gasteiger partial charge in [0.25, 0.3) is 0 Å². The Morgan fingerprint density at radius 1 is 0.857 bits per heavy atom. The molecule has 0 amide bonds. The third-order valence-electron chi connectivity index (χ3n) is 0. The summed E-state index contributed by atoms with van der Waals surface area (Å²) in [5.74, 6) is 0. The third-order valence-corrected chi connectivity index (χ3v) is 0. The fraction of sp³-hybridized carbons (Fsp3) is 0. The van der Waals surface area contributed by atoms with Crippen molar-refractivity contribution in [2.45, 2.75) is 0 Å². The molecule has 4 N–H and O–H groups in total. The van der Waals surface area contributed by atoms with Gasteiger partial charge in [0.05, 0.1) is 0 Å². The monoisotopic (exact) mass is 143 g/mol. The maximum absolute atomic E-state index is 7.33. The van der Waals surface area contributed by atoms with E-state index in [4.69, 9.17) is 19.2 Å². The van der Waals surface area contributed by atoms with Crippen LogP contribution >= 0.6 is 0 Å². The summed E-state index contributed by atoms with van der Waals surface area (Å²) in [4.78, 5) is 29.3. The second kappa shape index (κ2) is 6.18. The molecule has 0 heterocycles. The molecule has 0 spiro atoms. The normalized spacial score (nSPS) is 8.57. The molecule has 7 heavy (non-hydrogen) atoms. The zero-order valence-corrected chi connectivity index (χ0v) is 6.29. The number of rotatable bonds is 0. The van der Waals surface area contributed by atoms with E-state index in [0.717, 1.165) is 0 Å². The topological polar surface area (TPSA) is 80.9 Å². The third kappa shape index (κ3) is 69.9. The van der Waals surface area contributed by atoms with E-state index in [1.807, 2.05) is 0 Å². The molecule has 0 aliphatic carbocycles. The summed E-state index contributed by atoms with van der Waals surface area (Å²) < 4.78 is 0. The molecule has 0 rings (SSSR count). The van der Waals surface area contributed by atoms with Crippen molar-refractivity contribution in [3.8, 4) is 0 Å². The van der Waals surface area contributed by atoms with Gasteiger partial charge in [-0.3, -0.25) is 0 Å². The Hall–Kier alpha value is 2.06. The Balaban J connectivity index is -0.0000000800. The molecule has 0 aromatic heterocycles. The van der Waals surface area contributed by atoms with Gasteiger partial charge in [-0.15, -0.1) is 0 Å². The van der Waals surface area contributed by atoms with Gasteiger partial charge in [-0.25, -0.2) is 0 Å². The van der Waals surface area contributed by atoms with E-state index in [0.29, 0.717) is 0 Å². The van der Waals surface area contributed by atoms with Crippen LogP contribution in [-0.4, -0.2) is 87.3 Å². The average Bonchev–Trinajstić information content (AvgIpc) is 0.722. The van der Waals surface area contributed by atoms with Gasteiger partial charge in [0.1, 0.15) is 0 Å². The summed E-state index contributed by atoms with van der Waals surface area (Å²) in [7, 11) is -4.61. The standard InChI is InChI=1S/2Na.H4O4Si.H/c;;1-5(2,3)4;/h;;1-4H;. The number of hydrogen-bond donors (Lipinski definition) is 4. The molecular formula is H5Na2O4Si. The summed E-state index contributed by atoms with van der Waals surface area (Å²) in [5, 5.41) is 0. The molecule has 0 aromatic carbocycles. The molecule has 7 heteroatoms. The van der Waals surface area contributed by atoms with Crippen LogP contribution < -0.4 is 0 Å². The van der Waals surface area contributed by atoms with Crippen LogP contribution in [0.2, 0.25) is 0 Å². The van der Waals surface area contributed by atoms with E-state index < -0.39 is 9.05 Å². The predicted molar refractivity (Wildman–Crippen MR) is 27.5 cm³/mol. The van der Waals surface area contributed by atoms with Crippen LogP contribution in [0.1, 0.15) is 0 Å². The van der Waals surface area contributed by atoms with Crippen LogP contribution in [-0.2, 0) is 0 Å². The first-order valence-corrected chi connectivity index (χ1v) is 2.68. The second-order valence-corrected chi connectivity index (χ2v) is 1.80. The van der Waals surface area contributed by atoms with E-state index in [1.165, 1.54) is 0 Å². The summed E-state index contributed by atoms with van der Waals surface area (Å²) in [5.41, 5.74) is 0. The first-order chi connectivity index (χ1) is 2.00. The van der Waals surface area contributed by atoms with Crippen LogP contribution in [0.3, 0.4) is 0 Å². The van der Waals surface area contributed by atoms with Gasteiger partial charge in [-0.1, -0.05) is 0 Å². The molecule has 0 saturated heterocycles. The average molecular weight is 143 g/mol. The number of hydrogen-bond acceptors (Lipinski definition) is 4. The summed E-state index contributed by atoms with van der Waals surface area (Å²) in [6, 6.07) is 0. The largest absolute Gasteiger partial charge is 0 e. The summed E-state index contributed by atoms with van der Waals surface area (Å²) in [6.45, 7) is 0. The van der Waals surface area contributed by atoms with Gasteiger partial charge in [-0.05, 0) is 0 Å². The van der Waals surface area contributed by atoms with Crippen molar-refractivity contribution in [3.63, 3.8) is 0 Å². The minimum atomic E-state index is -4.61. The molecule has 0 bridgehead atoms. The zero-order chi connectivity index (χ0) is 4.50. The van der Waals surface area contributed by atoms with Gasteiger partial charge in [0.15, 0.2) is 0 Å². The summed E-state index contributed by atoms with van der Waals surface area (Å²) in [6.07, 6.45) is 0. The maximum atomic E-state index is 7.33. The van der Waals surface area contributed by atoms with Crippen LogP contribution in [0, 0.1) is 0 Å². The maximum Gasteiger partial charge on any atom is 0 e. The smallest absolute Gasteiger partial charge is 0 e. The van der Waals surface area contributed by atoms with Gasteiger partial charge in [0.2, 0.25) is 0 Å². The van der Waals surface area contributed by atoms with Crippen LogP contribution in [0.4, 0.5) is 0 Å². The van der Waals surface area contributed by atoms with Crippen molar-refractivity contribution in [1.82, 2.24) is 0 Å². The fourth-order valence-corrected chi connectivity index (χ4v) is 0. The van der Waals surface area contributed by atoms with Crippen molar-refractivity contribution in [1.29, 1.82) is 0 Å². The Kier molecular flexibility index (Phi) is 14.2. The van der Waals surface area contributed by atoms with Gasteiger partial charge in [0, 0.05) is 29.6 Å². The second-order valence-electron chi connectivity index (χ2n) is 0.600. The summed E-state index contributed by atoms with van der Waals surface area (Å²) >= 11 is 0. The molecular weight excluding hydrogens is 138 g/mol. The predicted octanol–water partition coefficient (Wildman–Crippen LogP) is -3.64. The van der Waals surface area contributed by atoms with Crippen molar-refractivity contribution < 1.29 is 19.2 Å². The first kappa shape index (κ1) is 16.0. The van der Waals surface area contributed by atoms with Crippen molar-refractivity contribution in [2.75, 3.05) is 0 Å². The van der Waals surface area contributed by atoms with E-state index in [1.54, 1.807) is 0 Å². The molecule has 4 nitrogen and oxygen atoms in total. The van der Waals surface area contributed by atoms with Gasteiger partial charge < -0.3 is 19.2 Å². The van der Waals surface area contributed by atoms with Crippen LogP contribution in [0.15, 0.2) is 0 Å². The van der Waals surface area contributed by atoms with Crippen molar-refractivity contribution in [2.24, 2.45) is 0 Å². The molecule has 0 aliphatic heterocycles. The van der Waals surface area contributed by atoms with E-state index in [-0.39, 0.29) is 59.1 Å². The Bertz CT molecular complexity index is 25.2. The fourth-order valence-electron chi connectivity index (χ4n) is 0. The molecule has 0 unspecified atom stereocenters. The van der Waals surface area contributed by atoms with Crippen molar-refractivity contribution in [3.05, 3.63) is 0 Å². The van der Waals surface area contributed by atoms with Gasteiger partial charge >= 0.3 is 38.6 Å². The van der Waals surface area contributed by atoms with E-state index in [2.05, 4.69) is 0 Å². The molecule has 1 radical (unpaired) electrons. The minimum Gasteiger partial charge on any atom is 0 e. The SMILES string of the molecule is O[Si](O)(O)O.[NaH].[Na]. The molecule has 0 atom stereocenters. The Morgan fingerprint density at radius 2 is 0.857 bits per heavy atom. The van der Waals surface area contributed by atoms with Gasteiger partial charge in [-0.2, -0.15) is 0 Å². The zero-order valence-electron chi connectivity index (χ0n) is 3.29. The first-order valence-electron chi connectivity index (χ1n) is 0.894. The van der Waals surface area contributed by atoms with Crippen molar-refractivity contribution >= 4 is 68.2 Å². The minimum absolute atomic E-state index is 0. The quantitative estimate of drug-likeness (QED) is 0.264. The van der Waals surface area contributed by atoms with E-state index in [9.17, 15) is 0 Å².